The average Bonchev–Trinajstić information content (AvgIpc) is 2.44. The molecule has 0 saturated carbocycles. The van der Waals surface area contributed by atoms with E-state index in [9.17, 15) is 4.39 Å². The maximum atomic E-state index is 14.3. The molecule has 0 aliphatic carbocycles. The Bertz CT molecular complexity index is 588. The van der Waals surface area contributed by atoms with E-state index in [2.05, 4.69) is 5.43 Å². The molecule has 0 aliphatic heterocycles. The number of nitrogens with one attached hydrogen (secondary N) is 1. The smallest absolute Gasteiger partial charge is 0.128 e. The molecule has 0 radical (unpaired) electrons. The molecule has 0 saturated heterocycles. The molecule has 2 aromatic carbocycles. The highest BCUT2D eigenvalue weighted by atomic mass is 19.1. The third kappa shape index (κ3) is 3.40. The molecule has 0 heterocycles. The number of ether oxygens (including phenoxy) is 1. The van der Waals surface area contributed by atoms with Crippen LogP contribution in [0.15, 0.2) is 36.4 Å². The fraction of sp³-hybridized carbons (Fsp3) is 0.294. The third-order valence-electron chi connectivity index (χ3n) is 3.46. The van der Waals surface area contributed by atoms with E-state index in [0.717, 1.165) is 22.4 Å². The largest absolute Gasteiger partial charge is 0.494 e. The van der Waals surface area contributed by atoms with Crippen LogP contribution in [0.3, 0.4) is 0 Å². The normalized spacial score (nSPS) is 12.2. The standard InChI is InChI=1S/C17H21FN2O/c1-4-21-14-7-5-13(6-8-14)17(20-19)16-12(3)9-11(2)10-15(16)18/h5-10,17,20H,4,19H2,1-3H3. The van der Waals surface area contributed by atoms with Gasteiger partial charge in [0.05, 0.1) is 12.6 Å². The summed E-state index contributed by atoms with van der Waals surface area (Å²) in [5.41, 5.74) is 5.96. The Morgan fingerprint density at radius 3 is 2.38 bits per heavy atom. The number of hydrogen-bond acceptors (Lipinski definition) is 3. The molecule has 2 rings (SSSR count). The summed E-state index contributed by atoms with van der Waals surface area (Å²) in [6, 6.07) is 10.6. The molecule has 0 aliphatic rings. The van der Waals surface area contributed by atoms with E-state index < -0.39 is 0 Å². The van der Waals surface area contributed by atoms with E-state index in [1.165, 1.54) is 6.07 Å². The van der Waals surface area contributed by atoms with Crippen LogP contribution in [0.25, 0.3) is 0 Å². The lowest BCUT2D eigenvalue weighted by atomic mass is 9.93. The van der Waals surface area contributed by atoms with Crippen molar-refractivity contribution in [2.75, 3.05) is 6.61 Å². The van der Waals surface area contributed by atoms with E-state index >= 15 is 0 Å². The Hall–Kier alpha value is -1.91. The minimum Gasteiger partial charge on any atom is -0.494 e. The number of aryl methyl sites for hydroxylation is 2. The third-order valence-corrected chi connectivity index (χ3v) is 3.46. The van der Waals surface area contributed by atoms with Crippen molar-refractivity contribution < 1.29 is 9.13 Å². The van der Waals surface area contributed by atoms with Gasteiger partial charge in [-0.25, -0.2) is 9.82 Å². The van der Waals surface area contributed by atoms with E-state index in [0.29, 0.717) is 12.2 Å². The first kappa shape index (κ1) is 15.5. The van der Waals surface area contributed by atoms with Gasteiger partial charge in [0.1, 0.15) is 11.6 Å². The lowest BCUT2D eigenvalue weighted by molar-refractivity contribution is 0.340. The number of halogens is 1. The molecule has 3 N–H and O–H groups in total. The van der Waals surface area contributed by atoms with Crippen LogP contribution in [0.5, 0.6) is 5.75 Å². The van der Waals surface area contributed by atoms with Gasteiger partial charge < -0.3 is 4.74 Å². The van der Waals surface area contributed by atoms with Gasteiger partial charge in [0.15, 0.2) is 0 Å². The summed E-state index contributed by atoms with van der Waals surface area (Å²) in [5, 5.41) is 0. The van der Waals surface area contributed by atoms with Gasteiger partial charge in [0.25, 0.3) is 0 Å². The minimum atomic E-state index is -0.388. The van der Waals surface area contributed by atoms with Crippen molar-refractivity contribution in [3.63, 3.8) is 0 Å². The van der Waals surface area contributed by atoms with Gasteiger partial charge in [0.2, 0.25) is 0 Å². The van der Waals surface area contributed by atoms with Gasteiger partial charge in [-0.05, 0) is 55.7 Å². The predicted octanol–water partition coefficient (Wildman–Crippen LogP) is 3.39. The molecule has 0 amide bonds. The van der Waals surface area contributed by atoms with Crippen LogP contribution >= 0.6 is 0 Å². The number of hydrogen-bond donors (Lipinski definition) is 2. The summed E-state index contributed by atoms with van der Waals surface area (Å²) in [7, 11) is 0. The average molecular weight is 288 g/mol. The fourth-order valence-corrected chi connectivity index (χ4v) is 2.56. The lowest BCUT2D eigenvalue weighted by Crippen LogP contribution is -2.30. The summed E-state index contributed by atoms with van der Waals surface area (Å²) in [6.07, 6.45) is 0. The van der Waals surface area contributed by atoms with Crippen LogP contribution in [0.4, 0.5) is 4.39 Å². The SMILES string of the molecule is CCOc1ccc(C(NN)c2c(C)cc(C)cc2F)cc1. The summed E-state index contributed by atoms with van der Waals surface area (Å²) in [4.78, 5) is 0. The van der Waals surface area contributed by atoms with Crippen molar-refractivity contribution in [3.05, 3.63) is 64.5 Å². The second kappa shape index (κ2) is 6.70. The molecular formula is C17H21FN2O. The maximum Gasteiger partial charge on any atom is 0.128 e. The molecule has 1 atom stereocenters. The molecule has 0 fully saturated rings. The Kier molecular flexibility index (Phi) is 4.94. The zero-order chi connectivity index (χ0) is 15.4. The van der Waals surface area contributed by atoms with Gasteiger partial charge in [-0.15, -0.1) is 0 Å². The highest BCUT2D eigenvalue weighted by Gasteiger charge is 2.19. The van der Waals surface area contributed by atoms with Crippen molar-refractivity contribution in [1.82, 2.24) is 5.43 Å². The molecule has 21 heavy (non-hydrogen) atoms. The molecule has 2 aromatic rings. The second-order valence-electron chi connectivity index (χ2n) is 5.08. The Morgan fingerprint density at radius 1 is 1.19 bits per heavy atom. The molecular weight excluding hydrogens is 267 g/mol. The summed E-state index contributed by atoms with van der Waals surface area (Å²) in [5.74, 6) is 6.21. The Morgan fingerprint density at radius 2 is 1.86 bits per heavy atom. The van der Waals surface area contributed by atoms with Crippen molar-refractivity contribution in [2.24, 2.45) is 5.84 Å². The lowest BCUT2D eigenvalue weighted by Gasteiger charge is -2.20. The van der Waals surface area contributed by atoms with Gasteiger partial charge in [-0.1, -0.05) is 18.2 Å². The molecule has 0 bridgehead atoms. The van der Waals surface area contributed by atoms with Crippen LogP contribution in [-0.4, -0.2) is 6.61 Å². The molecule has 0 spiro atoms. The van der Waals surface area contributed by atoms with E-state index in [-0.39, 0.29) is 11.9 Å². The van der Waals surface area contributed by atoms with Crippen LogP contribution < -0.4 is 16.0 Å². The van der Waals surface area contributed by atoms with Crippen molar-refractivity contribution in [3.8, 4) is 5.75 Å². The Labute approximate surface area is 124 Å². The van der Waals surface area contributed by atoms with Crippen molar-refractivity contribution in [1.29, 1.82) is 0 Å². The summed E-state index contributed by atoms with van der Waals surface area (Å²) >= 11 is 0. The zero-order valence-corrected chi connectivity index (χ0v) is 12.6. The van der Waals surface area contributed by atoms with E-state index in [1.54, 1.807) is 0 Å². The van der Waals surface area contributed by atoms with Crippen LogP contribution in [0.1, 0.15) is 35.2 Å². The fourth-order valence-electron chi connectivity index (χ4n) is 2.56. The quantitative estimate of drug-likeness (QED) is 0.655. The topological polar surface area (TPSA) is 47.3 Å². The first-order valence-electron chi connectivity index (χ1n) is 7.02. The van der Waals surface area contributed by atoms with Crippen LogP contribution in [0, 0.1) is 19.7 Å². The number of benzene rings is 2. The zero-order valence-electron chi connectivity index (χ0n) is 12.6. The van der Waals surface area contributed by atoms with Crippen molar-refractivity contribution in [2.45, 2.75) is 26.8 Å². The van der Waals surface area contributed by atoms with Crippen LogP contribution in [0.2, 0.25) is 0 Å². The Balaban J connectivity index is 2.40. The summed E-state index contributed by atoms with van der Waals surface area (Å²) < 4.78 is 19.7. The first-order valence-corrected chi connectivity index (χ1v) is 7.02. The molecule has 0 aromatic heterocycles. The number of nitrogens with two attached hydrogens (primary N) is 1. The predicted molar refractivity (Wildman–Crippen MR) is 82.7 cm³/mol. The number of hydrazine groups is 1. The first-order chi connectivity index (χ1) is 10.1. The van der Waals surface area contributed by atoms with Gasteiger partial charge in [-0.2, -0.15) is 0 Å². The maximum absolute atomic E-state index is 14.3. The van der Waals surface area contributed by atoms with Gasteiger partial charge in [-0.3, -0.25) is 5.84 Å². The minimum absolute atomic E-state index is 0.246. The highest BCUT2D eigenvalue weighted by Crippen LogP contribution is 2.28. The molecule has 4 heteroatoms. The molecule has 1 unspecified atom stereocenters. The monoisotopic (exact) mass is 288 g/mol. The van der Waals surface area contributed by atoms with E-state index in [4.69, 9.17) is 10.6 Å². The summed E-state index contributed by atoms with van der Waals surface area (Å²) in [6.45, 7) is 6.32. The second-order valence-corrected chi connectivity index (χ2v) is 5.08. The van der Waals surface area contributed by atoms with Crippen LogP contribution in [-0.2, 0) is 0 Å². The van der Waals surface area contributed by atoms with E-state index in [1.807, 2.05) is 51.1 Å². The van der Waals surface area contributed by atoms with Gasteiger partial charge in [0, 0.05) is 5.56 Å². The van der Waals surface area contributed by atoms with Gasteiger partial charge >= 0.3 is 0 Å². The number of rotatable bonds is 5. The highest BCUT2D eigenvalue weighted by molar-refractivity contribution is 5.41. The molecule has 3 nitrogen and oxygen atoms in total. The molecule has 112 valence electrons. The van der Waals surface area contributed by atoms with Crippen molar-refractivity contribution >= 4 is 0 Å².